The molecule has 1 aromatic carbocycles. The molecule has 0 spiro atoms. The van der Waals surface area contributed by atoms with Gasteiger partial charge in [0.25, 0.3) is 0 Å². The standard InChI is InChI=1S/C17H24ClFN2/c18-13-7-3-8-14(19)17(13)16(11-20)21-10-4-6-12-5-1-2-9-15(12)21/h3,7-8,12,15-16H,1-2,4-6,9-11,20H2/t12-,15-,16?/m1/s1. The Balaban J connectivity index is 1.91. The van der Waals surface area contributed by atoms with Gasteiger partial charge in [-0.1, -0.05) is 30.5 Å². The maximum Gasteiger partial charge on any atom is 0.129 e. The van der Waals surface area contributed by atoms with Crippen LogP contribution in [0.25, 0.3) is 0 Å². The van der Waals surface area contributed by atoms with E-state index in [1.165, 1.54) is 44.6 Å². The summed E-state index contributed by atoms with van der Waals surface area (Å²) < 4.78 is 14.3. The Kier molecular flexibility index (Phi) is 4.82. The van der Waals surface area contributed by atoms with Crippen LogP contribution in [0.4, 0.5) is 4.39 Å². The van der Waals surface area contributed by atoms with Crippen LogP contribution in [0.15, 0.2) is 18.2 Å². The summed E-state index contributed by atoms with van der Waals surface area (Å²) in [5.41, 5.74) is 6.62. The number of piperidine rings is 1. The normalized spacial score (nSPS) is 28.1. The van der Waals surface area contributed by atoms with Gasteiger partial charge in [-0.25, -0.2) is 4.39 Å². The summed E-state index contributed by atoms with van der Waals surface area (Å²) >= 11 is 6.28. The molecule has 0 amide bonds. The Labute approximate surface area is 131 Å². The first kappa shape index (κ1) is 15.3. The molecule has 2 aliphatic rings. The zero-order chi connectivity index (χ0) is 14.8. The molecule has 0 aromatic heterocycles. The fraction of sp³-hybridized carbons (Fsp3) is 0.647. The highest BCUT2D eigenvalue weighted by Crippen LogP contribution is 2.40. The molecule has 0 radical (unpaired) electrons. The molecule has 1 aromatic rings. The second-order valence-electron chi connectivity index (χ2n) is 6.38. The van der Waals surface area contributed by atoms with E-state index in [4.69, 9.17) is 17.3 Å². The Bertz CT molecular complexity index is 471. The molecule has 2 N–H and O–H groups in total. The minimum Gasteiger partial charge on any atom is -0.329 e. The molecule has 4 heteroatoms. The van der Waals surface area contributed by atoms with Crippen LogP contribution in [0.2, 0.25) is 5.02 Å². The number of benzene rings is 1. The van der Waals surface area contributed by atoms with Gasteiger partial charge in [-0.2, -0.15) is 0 Å². The molecule has 2 nitrogen and oxygen atoms in total. The molecule has 1 unspecified atom stereocenters. The molecule has 116 valence electrons. The van der Waals surface area contributed by atoms with Gasteiger partial charge in [-0.3, -0.25) is 4.90 Å². The van der Waals surface area contributed by atoms with Crippen molar-refractivity contribution in [2.45, 2.75) is 50.6 Å². The predicted molar refractivity (Wildman–Crippen MR) is 84.9 cm³/mol. The van der Waals surface area contributed by atoms with Crippen LogP contribution < -0.4 is 5.73 Å². The van der Waals surface area contributed by atoms with E-state index in [-0.39, 0.29) is 11.9 Å². The van der Waals surface area contributed by atoms with Crippen LogP contribution in [-0.2, 0) is 0 Å². The number of nitrogens with two attached hydrogens (primary N) is 1. The van der Waals surface area contributed by atoms with Gasteiger partial charge in [-0.15, -0.1) is 0 Å². The van der Waals surface area contributed by atoms with Gasteiger partial charge in [0.15, 0.2) is 0 Å². The van der Waals surface area contributed by atoms with Crippen LogP contribution in [0.1, 0.15) is 50.1 Å². The molecular weight excluding hydrogens is 287 g/mol. The molecular formula is C17H24ClFN2. The number of nitrogens with zero attached hydrogens (tertiary/aromatic N) is 1. The van der Waals surface area contributed by atoms with Crippen LogP contribution in [-0.4, -0.2) is 24.0 Å². The van der Waals surface area contributed by atoms with Crippen molar-refractivity contribution in [3.8, 4) is 0 Å². The molecule has 21 heavy (non-hydrogen) atoms. The zero-order valence-corrected chi connectivity index (χ0v) is 13.2. The van der Waals surface area contributed by atoms with Crippen molar-refractivity contribution in [1.82, 2.24) is 4.90 Å². The SMILES string of the molecule is NCC(c1c(F)cccc1Cl)N1CCC[C@H]2CCCC[C@H]21. The van der Waals surface area contributed by atoms with Gasteiger partial charge in [0.1, 0.15) is 5.82 Å². The quantitative estimate of drug-likeness (QED) is 0.909. The Morgan fingerprint density at radius 1 is 1.24 bits per heavy atom. The van der Waals surface area contributed by atoms with Crippen molar-refractivity contribution in [3.63, 3.8) is 0 Å². The lowest BCUT2D eigenvalue weighted by Crippen LogP contribution is -2.50. The van der Waals surface area contributed by atoms with Gasteiger partial charge in [0.05, 0.1) is 6.04 Å². The van der Waals surface area contributed by atoms with Gasteiger partial charge < -0.3 is 5.73 Å². The van der Waals surface area contributed by atoms with Crippen LogP contribution >= 0.6 is 11.6 Å². The average molecular weight is 311 g/mol. The molecule has 1 saturated heterocycles. The molecule has 1 aliphatic heterocycles. The molecule has 3 rings (SSSR count). The van der Waals surface area contributed by atoms with Gasteiger partial charge >= 0.3 is 0 Å². The third-order valence-corrected chi connectivity index (χ3v) is 5.57. The number of likely N-dealkylation sites (tertiary alicyclic amines) is 1. The minimum atomic E-state index is -0.226. The maximum absolute atomic E-state index is 14.3. The third-order valence-electron chi connectivity index (χ3n) is 5.24. The predicted octanol–water partition coefficient (Wildman–Crippen LogP) is 4.13. The molecule has 0 bridgehead atoms. The second kappa shape index (κ2) is 6.64. The lowest BCUT2D eigenvalue weighted by Gasteiger charge is -2.47. The fourth-order valence-electron chi connectivity index (χ4n) is 4.30. The highest BCUT2D eigenvalue weighted by Gasteiger charge is 2.37. The zero-order valence-electron chi connectivity index (χ0n) is 12.4. The van der Waals surface area contributed by atoms with Gasteiger partial charge in [0, 0.05) is 23.2 Å². The van der Waals surface area contributed by atoms with Crippen LogP contribution in [0.5, 0.6) is 0 Å². The molecule has 1 heterocycles. The van der Waals surface area contributed by atoms with Gasteiger partial charge in [0.2, 0.25) is 0 Å². The van der Waals surface area contributed by atoms with Crippen molar-refractivity contribution in [2.75, 3.05) is 13.1 Å². The number of halogens is 2. The second-order valence-corrected chi connectivity index (χ2v) is 6.79. The summed E-state index contributed by atoms with van der Waals surface area (Å²) in [7, 11) is 0. The summed E-state index contributed by atoms with van der Waals surface area (Å²) in [5.74, 6) is 0.531. The fourth-order valence-corrected chi connectivity index (χ4v) is 4.59. The Morgan fingerprint density at radius 2 is 2.00 bits per heavy atom. The number of rotatable bonds is 3. The van der Waals surface area contributed by atoms with Crippen LogP contribution in [0, 0.1) is 11.7 Å². The van der Waals surface area contributed by atoms with Crippen LogP contribution in [0.3, 0.4) is 0 Å². The van der Waals surface area contributed by atoms with Crippen molar-refractivity contribution < 1.29 is 4.39 Å². The van der Waals surface area contributed by atoms with E-state index in [1.807, 2.05) is 0 Å². The van der Waals surface area contributed by atoms with E-state index in [9.17, 15) is 4.39 Å². The smallest absolute Gasteiger partial charge is 0.129 e. The van der Waals surface area contributed by atoms with E-state index in [2.05, 4.69) is 4.90 Å². The Morgan fingerprint density at radius 3 is 2.76 bits per heavy atom. The monoisotopic (exact) mass is 310 g/mol. The van der Waals surface area contributed by atoms with E-state index >= 15 is 0 Å². The van der Waals surface area contributed by atoms with E-state index < -0.39 is 0 Å². The largest absolute Gasteiger partial charge is 0.329 e. The molecule has 1 aliphatic carbocycles. The first-order valence-corrected chi connectivity index (χ1v) is 8.50. The summed E-state index contributed by atoms with van der Waals surface area (Å²) in [6.07, 6.45) is 7.63. The third kappa shape index (κ3) is 2.96. The first-order chi connectivity index (χ1) is 10.2. The highest BCUT2D eigenvalue weighted by molar-refractivity contribution is 6.31. The highest BCUT2D eigenvalue weighted by atomic mass is 35.5. The maximum atomic E-state index is 14.3. The summed E-state index contributed by atoms with van der Waals surface area (Å²) in [6, 6.07) is 5.38. The first-order valence-electron chi connectivity index (χ1n) is 8.12. The number of fused-ring (bicyclic) bond motifs is 1. The summed E-state index contributed by atoms with van der Waals surface area (Å²) in [6.45, 7) is 1.43. The lowest BCUT2D eigenvalue weighted by molar-refractivity contribution is 0.0265. The molecule has 3 atom stereocenters. The average Bonchev–Trinajstić information content (AvgIpc) is 2.51. The Hall–Kier alpha value is -0.640. The van der Waals surface area contributed by atoms with E-state index in [0.717, 1.165) is 12.5 Å². The van der Waals surface area contributed by atoms with Crippen molar-refractivity contribution in [1.29, 1.82) is 0 Å². The molecule has 1 saturated carbocycles. The van der Waals surface area contributed by atoms with Crippen molar-refractivity contribution in [2.24, 2.45) is 11.7 Å². The van der Waals surface area contributed by atoms with Crippen molar-refractivity contribution in [3.05, 3.63) is 34.6 Å². The van der Waals surface area contributed by atoms with Gasteiger partial charge in [-0.05, 0) is 50.3 Å². The number of hydrogen-bond donors (Lipinski definition) is 1. The minimum absolute atomic E-state index is 0.0930. The molecule has 2 fully saturated rings. The summed E-state index contributed by atoms with van der Waals surface area (Å²) in [5, 5.41) is 0.503. The van der Waals surface area contributed by atoms with Crippen molar-refractivity contribution >= 4 is 11.6 Å². The van der Waals surface area contributed by atoms with E-state index in [0.29, 0.717) is 23.2 Å². The van der Waals surface area contributed by atoms with E-state index in [1.54, 1.807) is 12.1 Å². The topological polar surface area (TPSA) is 29.3 Å². The summed E-state index contributed by atoms with van der Waals surface area (Å²) in [4.78, 5) is 2.44. The number of hydrogen-bond acceptors (Lipinski definition) is 2. The lowest BCUT2D eigenvalue weighted by atomic mass is 9.77.